The Morgan fingerprint density at radius 3 is 2.79 bits per heavy atom. The Morgan fingerprint density at radius 1 is 1.50 bits per heavy atom. The number of rotatable bonds is 7. The smallest absolute Gasteiger partial charge is 0.248 e. The van der Waals surface area contributed by atoms with E-state index in [0.29, 0.717) is 19.2 Å². The summed E-state index contributed by atoms with van der Waals surface area (Å²) in [5, 5.41) is 6.15. The van der Waals surface area contributed by atoms with Gasteiger partial charge in [0.1, 0.15) is 6.10 Å². The molecule has 0 aliphatic heterocycles. The van der Waals surface area contributed by atoms with Crippen molar-refractivity contribution >= 4 is 5.91 Å². The summed E-state index contributed by atoms with van der Waals surface area (Å²) in [5.74, 6) is -0.0237. The summed E-state index contributed by atoms with van der Waals surface area (Å²) in [6.45, 7) is 5.78. The molecule has 0 heterocycles. The number of ether oxygens (including phenoxy) is 1. The van der Waals surface area contributed by atoms with Gasteiger partial charge in [0.25, 0.3) is 0 Å². The summed E-state index contributed by atoms with van der Waals surface area (Å²) < 4.78 is 5.16. The van der Waals surface area contributed by atoms with Crippen LogP contribution in [0.4, 0.5) is 0 Å². The first kappa shape index (κ1) is 11.5. The van der Waals surface area contributed by atoms with Crippen LogP contribution in [0.5, 0.6) is 0 Å². The normalized spacial score (nSPS) is 17.9. The van der Waals surface area contributed by atoms with Crippen molar-refractivity contribution in [3.05, 3.63) is 0 Å². The van der Waals surface area contributed by atoms with E-state index >= 15 is 0 Å². The number of carbonyl (C=O) groups is 1. The lowest BCUT2D eigenvalue weighted by molar-refractivity contribution is -0.131. The van der Waals surface area contributed by atoms with Gasteiger partial charge in [-0.05, 0) is 26.7 Å². The molecular formula is C10H20N2O2. The van der Waals surface area contributed by atoms with E-state index in [1.807, 2.05) is 6.92 Å². The zero-order valence-electron chi connectivity index (χ0n) is 9.01. The molecule has 4 heteroatoms. The number of nitrogens with one attached hydrogen (secondary N) is 2. The topological polar surface area (TPSA) is 50.4 Å². The second-order valence-electron chi connectivity index (χ2n) is 3.62. The average molecular weight is 200 g/mol. The molecule has 14 heavy (non-hydrogen) atoms. The molecule has 0 saturated heterocycles. The summed E-state index contributed by atoms with van der Waals surface area (Å²) in [6, 6.07) is 0.705. The summed E-state index contributed by atoms with van der Waals surface area (Å²) in [6.07, 6.45) is 2.23. The molecule has 1 unspecified atom stereocenters. The standard InChI is InChI=1S/C10H20N2O2/c1-3-14-8(2)10(13)12-7-6-11-9-4-5-9/h8-9,11H,3-7H2,1-2H3,(H,12,13). The first-order valence-electron chi connectivity index (χ1n) is 5.36. The molecule has 0 aromatic heterocycles. The van der Waals surface area contributed by atoms with Crippen molar-refractivity contribution in [1.29, 1.82) is 0 Å². The summed E-state index contributed by atoms with van der Waals surface area (Å²) in [7, 11) is 0. The van der Waals surface area contributed by atoms with Crippen molar-refractivity contribution in [2.75, 3.05) is 19.7 Å². The molecule has 1 atom stereocenters. The largest absolute Gasteiger partial charge is 0.369 e. The monoisotopic (exact) mass is 200 g/mol. The van der Waals surface area contributed by atoms with Crippen LogP contribution in [0, 0.1) is 0 Å². The molecule has 4 nitrogen and oxygen atoms in total. The number of amides is 1. The minimum absolute atomic E-state index is 0.0237. The van der Waals surface area contributed by atoms with Gasteiger partial charge in [-0.1, -0.05) is 0 Å². The van der Waals surface area contributed by atoms with Gasteiger partial charge in [0.2, 0.25) is 5.91 Å². The Hall–Kier alpha value is -0.610. The lowest BCUT2D eigenvalue weighted by atomic mass is 10.3. The van der Waals surface area contributed by atoms with Crippen LogP contribution in [0.2, 0.25) is 0 Å². The fourth-order valence-corrected chi connectivity index (χ4v) is 1.22. The SMILES string of the molecule is CCOC(C)C(=O)NCCNC1CC1. The van der Waals surface area contributed by atoms with Crippen LogP contribution >= 0.6 is 0 Å². The van der Waals surface area contributed by atoms with Crippen molar-refractivity contribution in [3.8, 4) is 0 Å². The minimum Gasteiger partial charge on any atom is -0.369 e. The molecule has 0 aromatic rings. The van der Waals surface area contributed by atoms with Gasteiger partial charge in [-0.15, -0.1) is 0 Å². The second-order valence-corrected chi connectivity index (χ2v) is 3.62. The Bertz CT molecular complexity index is 181. The van der Waals surface area contributed by atoms with Crippen LogP contribution in [0.3, 0.4) is 0 Å². The molecule has 0 bridgehead atoms. The van der Waals surface area contributed by atoms with Crippen molar-refractivity contribution in [3.63, 3.8) is 0 Å². The van der Waals surface area contributed by atoms with Crippen LogP contribution in [-0.4, -0.2) is 37.7 Å². The third kappa shape index (κ3) is 4.58. The first-order valence-corrected chi connectivity index (χ1v) is 5.36. The van der Waals surface area contributed by atoms with Gasteiger partial charge in [0.05, 0.1) is 0 Å². The number of hydrogen-bond acceptors (Lipinski definition) is 3. The van der Waals surface area contributed by atoms with Crippen molar-refractivity contribution in [1.82, 2.24) is 10.6 Å². The molecule has 1 aliphatic rings. The third-order valence-corrected chi connectivity index (χ3v) is 2.22. The summed E-state index contributed by atoms with van der Waals surface area (Å²) in [4.78, 5) is 11.3. The van der Waals surface area contributed by atoms with Crippen LogP contribution in [0.1, 0.15) is 26.7 Å². The molecule has 1 rings (SSSR count). The average Bonchev–Trinajstić information content (AvgIpc) is 2.96. The van der Waals surface area contributed by atoms with E-state index in [2.05, 4.69) is 10.6 Å². The van der Waals surface area contributed by atoms with Gasteiger partial charge in [-0.3, -0.25) is 4.79 Å². The zero-order valence-corrected chi connectivity index (χ0v) is 9.01. The van der Waals surface area contributed by atoms with Gasteiger partial charge in [0.15, 0.2) is 0 Å². The van der Waals surface area contributed by atoms with Crippen molar-refractivity contribution in [2.24, 2.45) is 0 Å². The van der Waals surface area contributed by atoms with Gasteiger partial charge in [-0.2, -0.15) is 0 Å². The quantitative estimate of drug-likeness (QED) is 0.580. The van der Waals surface area contributed by atoms with Crippen LogP contribution in [0.25, 0.3) is 0 Å². The van der Waals surface area contributed by atoms with Gasteiger partial charge >= 0.3 is 0 Å². The highest BCUT2D eigenvalue weighted by molar-refractivity contribution is 5.80. The lowest BCUT2D eigenvalue weighted by Crippen LogP contribution is -2.38. The summed E-state index contributed by atoms with van der Waals surface area (Å²) >= 11 is 0. The third-order valence-electron chi connectivity index (χ3n) is 2.22. The Balaban J connectivity index is 1.95. The Kier molecular flexibility index (Phi) is 4.90. The van der Waals surface area contributed by atoms with E-state index in [9.17, 15) is 4.79 Å². The van der Waals surface area contributed by atoms with Gasteiger partial charge in [0, 0.05) is 25.7 Å². The zero-order chi connectivity index (χ0) is 10.4. The molecule has 0 radical (unpaired) electrons. The first-order chi connectivity index (χ1) is 6.74. The van der Waals surface area contributed by atoms with E-state index in [1.165, 1.54) is 12.8 Å². The van der Waals surface area contributed by atoms with Crippen LogP contribution in [-0.2, 0) is 9.53 Å². The fourth-order valence-electron chi connectivity index (χ4n) is 1.22. The second kappa shape index (κ2) is 5.98. The molecule has 1 aliphatic carbocycles. The summed E-state index contributed by atoms with van der Waals surface area (Å²) in [5.41, 5.74) is 0. The number of hydrogen-bond donors (Lipinski definition) is 2. The molecule has 0 spiro atoms. The molecule has 2 N–H and O–H groups in total. The maximum atomic E-state index is 11.3. The predicted octanol–water partition coefficient (Wildman–Crippen LogP) is 0.280. The molecular weight excluding hydrogens is 180 g/mol. The van der Waals surface area contributed by atoms with Gasteiger partial charge < -0.3 is 15.4 Å². The highest BCUT2D eigenvalue weighted by Crippen LogP contribution is 2.17. The molecule has 0 aromatic carbocycles. The fraction of sp³-hybridized carbons (Fsp3) is 0.900. The van der Waals surface area contributed by atoms with Crippen molar-refractivity contribution in [2.45, 2.75) is 38.8 Å². The maximum Gasteiger partial charge on any atom is 0.248 e. The van der Waals surface area contributed by atoms with Crippen LogP contribution in [0.15, 0.2) is 0 Å². The minimum atomic E-state index is -0.332. The predicted molar refractivity (Wildman–Crippen MR) is 55.1 cm³/mol. The van der Waals surface area contributed by atoms with Crippen LogP contribution < -0.4 is 10.6 Å². The van der Waals surface area contributed by atoms with Gasteiger partial charge in [-0.25, -0.2) is 0 Å². The van der Waals surface area contributed by atoms with Crippen molar-refractivity contribution < 1.29 is 9.53 Å². The maximum absolute atomic E-state index is 11.3. The lowest BCUT2D eigenvalue weighted by Gasteiger charge is -2.11. The molecule has 82 valence electrons. The van der Waals surface area contributed by atoms with E-state index in [-0.39, 0.29) is 12.0 Å². The highest BCUT2D eigenvalue weighted by atomic mass is 16.5. The van der Waals surface area contributed by atoms with E-state index in [1.54, 1.807) is 6.92 Å². The van der Waals surface area contributed by atoms with E-state index in [0.717, 1.165) is 6.54 Å². The Labute approximate surface area is 85.4 Å². The molecule has 1 fully saturated rings. The van der Waals surface area contributed by atoms with E-state index in [4.69, 9.17) is 4.74 Å². The van der Waals surface area contributed by atoms with E-state index < -0.39 is 0 Å². The highest BCUT2D eigenvalue weighted by Gasteiger charge is 2.19. The number of carbonyl (C=O) groups excluding carboxylic acids is 1. The molecule has 1 saturated carbocycles. The molecule has 1 amide bonds. The Morgan fingerprint density at radius 2 is 2.21 bits per heavy atom.